The SMILES string of the molecule is CC1CN(c2nc(N3CCN(C(=O)OC(C)(C)C)CC3)c(C#N)c3c2CCNC3)CC(C)O1. The molecule has 0 aliphatic carbocycles. The number of aromatic nitrogens is 1. The van der Waals surface area contributed by atoms with Crippen LogP contribution in [0.4, 0.5) is 16.4 Å². The van der Waals surface area contributed by atoms with Gasteiger partial charge in [0, 0.05) is 51.4 Å². The summed E-state index contributed by atoms with van der Waals surface area (Å²) in [5.41, 5.74) is 2.38. The lowest BCUT2D eigenvalue weighted by Gasteiger charge is -2.40. The summed E-state index contributed by atoms with van der Waals surface area (Å²) in [6.07, 6.45) is 0.829. The quantitative estimate of drug-likeness (QED) is 0.724. The highest BCUT2D eigenvalue weighted by Crippen LogP contribution is 2.35. The number of hydrogen-bond donors (Lipinski definition) is 1. The first kappa shape index (κ1) is 23.6. The Bertz CT molecular complexity index is 920. The molecule has 0 radical (unpaired) electrons. The van der Waals surface area contributed by atoms with Gasteiger partial charge >= 0.3 is 6.09 Å². The number of morpholine rings is 1. The van der Waals surface area contributed by atoms with Gasteiger partial charge in [-0.2, -0.15) is 5.26 Å². The second-order valence-electron chi connectivity index (χ2n) is 10.2. The van der Waals surface area contributed by atoms with Crippen LogP contribution in [0.5, 0.6) is 0 Å². The van der Waals surface area contributed by atoms with Gasteiger partial charge in [-0.3, -0.25) is 0 Å². The molecule has 0 aromatic carbocycles. The van der Waals surface area contributed by atoms with Gasteiger partial charge in [-0.25, -0.2) is 9.78 Å². The molecule has 4 rings (SSSR count). The van der Waals surface area contributed by atoms with Crippen LogP contribution in [0.1, 0.15) is 51.3 Å². The third-order valence-electron chi connectivity index (χ3n) is 6.29. The van der Waals surface area contributed by atoms with E-state index in [0.717, 1.165) is 43.3 Å². The summed E-state index contributed by atoms with van der Waals surface area (Å²) < 4.78 is 11.5. The first-order valence-electron chi connectivity index (χ1n) is 12.0. The molecule has 1 aromatic rings. The molecule has 180 valence electrons. The first-order valence-corrected chi connectivity index (χ1v) is 12.0. The molecule has 9 heteroatoms. The number of pyridine rings is 1. The predicted molar refractivity (Wildman–Crippen MR) is 127 cm³/mol. The largest absolute Gasteiger partial charge is 0.444 e. The lowest BCUT2D eigenvalue weighted by molar-refractivity contribution is -0.00551. The molecule has 33 heavy (non-hydrogen) atoms. The van der Waals surface area contributed by atoms with E-state index in [9.17, 15) is 10.1 Å². The standard InChI is InChI=1S/C24H36N6O3/c1-16-14-30(15-17(2)32-16)21-18-6-7-26-13-20(18)19(12-25)22(27-21)28-8-10-29(11-9-28)23(31)33-24(3,4)5/h16-17,26H,6-11,13-15H2,1-5H3. The minimum atomic E-state index is -0.517. The number of piperazine rings is 1. The zero-order valence-corrected chi connectivity index (χ0v) is 20.5. The topological polar surface area (TPSA) is 94.0 Å². The Labute approximate surface area is 196 Å². The Morgan fingerprint density at radius 3 is 2.36 bits per heavy atom. The molecule has 1 aromatic heterocycles. The number of amides is 1. The number of rotatable bonds is 2. The monoisotopic (exact) mass is 456 g/mol. The number of nitriles is 1. The predicted octanol–water partition coefficient (Wildman–Crippen LogP) is 2.27. The number of hydrogen-bond acceptors (Lipinski definition) is 8. The van der Waals surface area contributed by atoms with E-state index in [0.29, 0.717) is 38.3 Å². The van der Waals surface area contributed by atoms with Crippen molar-refractivity contribution in [2.24, 2.45) is 0 Å². The average molecular weight is 457 g/mol. The number of anilines is 2. The molecular weight excluding hydrogens is 420 g/mol. The Hall–Kier alpha value is -2.57. The van der Waals surface area contributed by atoms with Crippen LogP contribution in [0.2, 0.25) is 0 Å². The molecule has 2 atom stereocenters. The van der Waals surface area contributed by atoms with Crippen molar-refractivity contribution in [3.05, 3.63) is 16.7 Å². The molecule has 0 spiro atoms. The fourth-order valence-corrected chi connectivity index (χ4v) is 4.92. The summed E-state index contributed by atoms with van der Waals surface area (Å²) in [7, 11) is 0. The molecule has 0 bridgehead atoms. The van der Waals surface area contributed by atoms with Crippen LogP contribution in [0.25, 0.3) is 0 Å². The fraction of sp³-hybridized carbons (Fsp3) is 0.708. The van der Waals surface area contributed by atoms with Crippen molar-refractivity contribution in [2.45, 2.75) is 65.4 Å². The van der Waals surface area contributed by atoms with Gasteiger partial charge in [0.25, 0.3) is 0 Å². The second-order valence-corrected chi connectivity index (χ2v) is 10.2. The van der Waals surface area contributed by atoms with Crippen molar-refractivity contribution < 1.29 is 14.3 Å². The highest BCUT2D eigenvalue weighted by atomic mass is 16.6. The number of nitrogens with one attached hydrogen (secondary N) is 1. The molecule has 1 N–H and O–H groups in total. The zero-order chi connectivity index (χ0) is 23.8. The Balaban J connectivity index is 1.62. The van der Waals surface area contributed by atoms with Crippen molar-refractivity contribution >= 4 is 17.7 Å². The van der Waals surface area contributed by atoms with Crippen molar-refractivity contribution in [1.82, 2.24) is 15.2 Å². The molecule has 0 saturated carbocycles. The van der Waals surface area contributed by atoms with Crippen LogP contribution in [0.15, 0.2) is 0 Å². The van der Waals surface area contributed by atoms with Crippen molar-refractivity contribution in [2.75, 3.05) is 55.6 Å². The van der Waals surface area contributed by atoms with E-state index in [1.165, 1.54) is 5.56 Å². The average Bonchev–Trinajstić information content (AvgIpc) is 2.76. The Morgan fingerprint density at radius 1 is 1.09 bits per heavy atom. The number of carbonyl (C=O) groups excluding carboxylic acids is 1. The third kappa shape index (κ3) is 5.17. The van der Waals surface area contributed by atoms with Crippen molar-refractivity contribution in [3.63, 3.8) is 0 Å². The van der Waals surface area contributed by atoms with E-state index < -0.39 is 5.60 Å². The highest BCUT2D eigenvalue weighted by Gasteiger charge is 2.32. The normalized spacial score (nSPS) is 23.7. The van der Waals surface area contributed by atoms with Gasteiger partial charge in [-0.15, -0.1) is 0 Å². The second kappa shape index (κ2) is 9.35. The van der Waals surface area contributed by atoms with E-state index >= 15 is 0 Å². The molecule has 2 unspecified atom stereocenters. The maximum Gasteiger partial charge on any atom is 0.410 e. The van der Waals surface area contributed by atoms with E-state index in [-0.39, 0.29) is 18.3 Å². The van der Waals surface area contributed by atoms with Gasteiger partial charge in [-0.1, -0.05) is 0 Å². The van der Waals surface area contributed by atoms with Gasteiger partial charge in [0.15, 0.2) is 0 Å². The van der Waals surface area contributed by atoms with Gasteiger partial charge in [-0.05, 0) is 53.1 Å². The fourth-order valence-electron chi connectivity index (χ4n) is 4.92. The Kier molecular flexibility index (Phi) is 6.68. The molecule has 2 saturated heterocycles. The van der Waals surface area contributed by atoms with Gasteiger partial charge in [0.05, 0.1) is 17.8 Å². The zero-order valence-electron chi connectivity index (χ0n) is 20.5. The van der Waals surface area contributed by atoms with E-state index in [1.54, 1.807) is 4.90 Å². The third-order valence-corrected chi connectivity index (χ3v) is 6.29. The van der Waals surface area contributed by atoms with E-state index in [1.807, 2.05) is 20.8 Å². The molecule has 3 aliphatic rings. The van der Waals surface area contributed by atoms with Crippen LogP contribution in [0, 0.1) is 11.3 Å². The maximum absolute atomic E-state index is 12.5. The summed E-state index contributed by atoms with van der Waals surface area (Å²) >= 11 is 0. The molecule has 3 aliphatic heterocycles. The maximum atomic E-state index is 12.5. The number of carbonyl (C=O) groups is 1. The minimum absolute atomic E-state index is 0.129. The van der Waals surface area contributed by atoms with Crippen LogP contribution in [0.3, 0.4) is 0 Å². The summed E-state index contributed by atoms with van der Waals surface area (Å²) in [4.78, 5) is 23.8. The lowest BCUT2D eigenvalue weighted by atomic mass is 9.96. The van der Waals surface area contributed by atoms with Crippen LogP contribution < -0.4 is 15.1 Å². The summed E-state index contributed by atoms with van der Waals surface area (Å²) in [5.74, 6) is 1.71. The molecule has 4 heterocycles. The molecular formula is C24H36N6O3. The van der Waals surface area contributed by atoms with Crippen molar-refractivity contribution in [1.29, 1.82) is 5.26 Å². The Morgan fingerprint density at radius 2 is 1.76 bits per heavy atom. The molecule has 1 amide bonds. The number of fused-ring (bicyclic) bond motifs is 1. The summed E-state index contributed by atoms with van der Waals surface area (Å²) in [6, 6.07) is 2.44. The van der Waals surface area contributed by atoms with Crippen molar-refractivity contribution in [3.8, 4) is 6.07 Å². The first-order chi connectivity index (χ1) is 15.7. The minimum Gasteiger partial charge on any atom is -0.444 e. The van der Waals surface area contributed by atoms with Crippen LogP contribution >= 0.6 is 0 Å². The van der Waals surface area contributed by atoms with Crippen LogP contribution in [-0.4, -0.2) is 79.6 Å². The van der Waals surface area contributed by atoms with E-state index in [4.69, 9.17) is 14.5 Å². The lowest BCUT2D eigenvalue weighted by Crippen LogP contribution is -2.51. The summed E-state index contributed by atoms with van der Waals surface area (Å²) in [5, 5.41) is 13.5. The summed E-state index contributed by atoms with van der Waals surface area (Å²) in [6.45, 7) is 15.3. The number of nitrogens with zero attached hydrogens (tertiary/aromatic N) is 5. The van der Waals surface area contributed by atoms with E-state index in [2.05, 4.69) is 35.0 Å². The van der Waals surface area contributed by atoms with Gasteiger partial charge in [0.1, 0.15) is 23.3 Å². The number of ether oxygens (including phenoxy) is 2. The smallest absolute Gasteiger partial charge is 0.410 e. The highest BCUT2D eigenvalue weighted by molar-refractivity contribution is 5.70. The van der Waals surface area contributed by atoms with Gasteiger partial charge in [0.2, 0.25) is 0 Å². The van der Waals surface area contributed by atoms with Gasteiger partial charge < -0.3 is 29.5 Å². The van der Waals surface area contributed by atoms with Crippen LogP contribution in [-0.2, 0) is 22.4 Å². The molecule has 2 fully saturated rings. The molecule has 9 nitrogen and oxygen atoms in total.